The standard InChI is InChI=1S/C13H15ClO2/c1-8(15)12-10-6-4-2-3-5-9(10)7-11(14)13(12)16/h7,16H,2-6H2,1H3. The van der Waals surface area contributed by atoms with Gasteiger partial charge in [0.2, 0.25) is 0 Å². The van der Waals surface area contributed by atoms with Crippen molar-refractivity contribution in [2.24, 2.45) is 0 Å². The number of Topliss-reactive ketones (excluding diaryl/α,β-unsaturated/α-hetero) is 1. The number of fused-ring (bicyclic) bond motifs is 1. The molecule has 3 heteroatoms. The minimum Gasteiger partial charge on any atom is -0.506 e. The van der Waals surface area contributed by atoms with Crippen LogP contribution in [0.25, 0.3) is 0 Å². The predicted octanol–water partition coefficient (Wildman–Crippen LogP) is 3.52. The summed E-state index contributed by atoms with van der Waals surface area (Å²) in [7, 11) is 0. The van der Waals surface area contributed by atoms with E-state index in [0.29, 0.717) is 10.6 Å². The monoisotopic (exact) mass is 238 g/mol. The Labute approximate surface area is 100 Å². The zero-order valence-corrected chi connectivity index (χ0v) is 10.1. The van der Waals surface area contributed by atoms with E-state index in [0.717, 1.165) is 36.8 Å². The smallest absolute Gasteiger partial charge is 0.163 e. The summed E-state index contributed by atoms with van der Waals surface area (Å²) in [5, 5.41) is 10.2. The van der Waals surface area contributed by atoms with E-state index in [2.05, 4.69) is 0 Å². The predicted molar refractivity (Wildman–Crippen MR) is 64.4 cm³/mol. The van der Waals surface area contributed by atoms with Crippen LogP contribution in [0.3, 0.4) is 0 Å². The maximum absolute atomic E-state index is 11.6. The first-order valence-corrected chi connectivity index (χ1v) is 6.03. The zero-order valence-electron chi connectivity index (χ0n) is 9.35. The Bertz CT molecular complexity index is 438. The summed E-state index contributed by atoms with van der Waals surface area (Å²) >= 11 is 5.95. The van der Waals surface area contributed by atoms with Crippen LogP contribution in [0.4, 0.5) is 0 Å². The number of benzene rings is 1. The van der Waals surface area contributed by atoms with Gasteiger partial charge in [0.1, 0.15) is 5.75 Å². The number of aryl methyl sites for hydroxylation is 1. The Balaban J connectivity index is 2.65. The van der Waals surface area contributed by atoms with E-state index in [1.165, 1.54) is 13.3 Å². The van der Waals surface area contributed by atoms with Gasteiger partial charge in [-0.25, -0.2) is 0 Å². The van der Waals surface area contributed by atoms with Crippen molar-refractivity contribution in [3.05, 3.63) is 27.8 Å². The molecule has 0 bridgehead atoms. The topological polar surface area (TPSA) is 37.3 Å². The second-order valence-electron chi connectivity index (χ2n) is 4.34. The van der Waals surface area contributed by atoms with Crippen molar-refractivity contribution in [2.75, 3.05) is 0 Å². The van der Waals surface area contributed by atoms with Gasteiger partial charge in [-0.05, 0) is 49.8 Å². The highest BCUT2D eigenvalue weighted by Crippen LogP contribution is 2.36. The maximum Gasteiger partial charge on any atom is 0.163 e. The van der Waals surface area contributed by atoms with Gasteiger partial charge in [0, 0.05) is 0 Å². The normalized spacial score (nSPS) is 15.4. The summed E-state index contributed by atoms with van der Waals surface area (Å²) in [6.07, 6.45) is 5.20. The lowest BCUT2D eigenvalue weighted by Gasteiger charge is -2.13. The average molecular weight is 239 g/mol. The van der Waals surface area contributed by atoms with Gasteiger partial charge in [-0.2, -0.15) is 0 Å². The van der Waals surface area contributed by atoms with Crippen molar-refractivity contribution >= 4 is 17.4 Å². The lowest BCUT2D eigenvalue weighted by Crippen LogP contribution is -2.04. The Kier molecular flexibility index (Phi) is 3.20. The quantitative estimate of drug-likeness (QED) is 0.601. The number of carbonyl (C=O) groups excluding carboxylic acids is 1. The highest BCUT2D eigenvalue weighted by atomic mass is 35.5. The highest BCUT2D eigenvalue weighted by Gasteiger charge is 2.20. The van der Waals surface area contributed by atoms with Crippen LogP contribution >= 0.6 is 11.6 Å². The van der Waals surface area contributed by atoms with Crippen LogP contribution in [-0.2, 0) is 12.8 Å². The fourth-order valence-electron chi connectivity index (χ4n) is 2.41. The number of hydrogen-bond acceptors (Lipinski definition) is 2. The second-order valence-corrected chi connectivity index (χ2v) is 4.74. The Morgan fingerprint density at radius 2 is 2.00 bits per heavy atom. The van der Waals surface area contributed by atoms with Crippen molar-refractivity contribution in [1.82, 2.24) is 0 Å². The highest BCUT2D eigenvalue weighted by molar-refractivity contribution is 6.32. The Morgan fingerprint density at radius 1 is 1.31 bits per heavy atom. The first kappa shape index (κ1) is 11.5. The molecule has 86 valence electrons. The second kappa shape index (κ2) is 4.46. The first-order chi connectivity index (χ1) is 7.61. The number of ketones is 1. The fourth-order valence-corrected chi connectivity index (χ4v) is 2.64. The molecule has 0 unspecified atom stereocenters. The van der Waals surface area contributed by atoms with Gasteiger partial charge in [0.05, 0.1) is 10.6 Å². The third-order valence-corrected chi connectivity index (χ3v) is 3.47. The van der Waals surface area contributed by atoms with Crippen molar-refractivity contribution in [3.63, 3.8) is 0 Å². The van der Waals surface area contributed by atoms with E-state index in [1.54, 1.807) is 0 Å². The molecule has 16 heavy (non-hydrogen) atoms. The van der Waals surface area contributed by atoms with Gasteiger partial charge in [-0.15, -0.1) is 0 Å². The maximum atomic E-state index is 11.6. The van der Waals surface area contributed by atoms with Crippen molar-refractivity contribution < 1.29 is 9.90 Å². The Hall–Kier alpha value is -1.02. The summed E-state index contributed by atoms with van der Waals surface area (Å²) in [6, 6.07) is 1.81. The van der Waals surface area contributed by atoms with Gasteiger partial charge < -0.3 is 5.11 Å². The minimum absolute atomic E-state index is 0.0465. The number of aromatic hydroxyl groups is 1. The molecule has 0 aliphatic heterocycles. The molecule has 0 atom stereocenters. The van der Waals surface area contributed by atoms with Gasteiger partial charge in [-0.1, -0.05) is 18.0 Å². The van der Waals surface area contributed by atoms with Crippen LogP contribution in [0.15, 0.2) is 6.07 Å². The van der Waals surface area contributed by atoms with Gasteiger partial charge in [0.15, 0.2) is 5.78 Å². The minimum atomic E-state index is -0.0989. The molecule has 0 spiro atoms. The molecule has 0 saturated heterocycles. The molecule has 0 radical (unpaired) electrons. The number of halogens is 1. The van der Waals surface area contributed by atoms with E-state index in [-0.39, 0.29) is 11.5 Å². The first-order valence-electron chi connectivity index (χ1n) is 5.65. The molecular formula is C13H15ClO2. The molecule has 0 amide bonds. The summed E-state index contributed by atoms with van der Waals surface area (Å²) in [4.78, 5) is 11.6. The summed E-state index contributed by atoms with van der Waals surface area (Å²) < 4.78 is 0. The van der Waals surface area contributed by atoms with E-state index >= 15 is 0 Å². The molecule has 0 saturated carbocycles. The average Bonchev–Trinajstić information content (AvgIpc) is 2.44. The number of rotatable bonds is 1. The third-order valence-electron chi connectivity index (χ3n) is 3.18. The lowest BCUT2D eigenvalue weighted by molar-refractivity contribution is 0.101. The van der Waals surface area contributed by atoms with E-state index < -0.39 is 0 Å². The van der Waals surface area contributed by atoms with E-state index in [1.807, 2.05) is 6.07 Å². The van der Waals surface area contributed by atoms with Crippen molar-refractivity contribution in [2.45, 2.75) is 39.0 Å². The SMILES string of the molecule is CC(=O)c1c(O)c(Cl)cc2c1CCCCC2. The van der Waals surface area contributed by atoms with Gasteiger partial charge in [-0.3, -0.25) is 4.79 Å². The van der Waals surface area contributed by atoms with Crippen LogP contribution in [-0.4, -0.2) is 10.9 Å². The Morgan fingerprint density at radius 3 is 2.69 bits per heavy atom. The molecule has 1 aromatic carbocycles. The van der Waals surface area contributed by atoms with Gasteiger partial charge in [0.25, 0.3) is 0 Å². The molecule has 1 aromatic rings. The molecular weight excluding hydrogens is 224 g/mol. The summed E-state index contributed by atoms with van der Waals surface area (Å²) in [5.74, 6) is -0.145. The largest absolute Gasteiger partial charge is 0.506 e. The number of carbonyl (C=O) groups is 1. The molecule has 2 nitrogen and oxygen atoms in total. The number of phenolic OH excluding ortho intramolecular Hbond substituents is 1. The molecule has 0 aromatic heterocycles. The molecule has 1 aliphatic carbocycles. The van der Waals surface area contributed by atoms with Gasteiger partial charge >= 0.3 is 0 Å². The molecule has 2 rings (SSSR count). The fraction of sp³-hybridized carbons (Fsp3) is 0.462. The summed E-state index contributed by atoms with van der Waals surface area (Å²) in [6.45, 7) is 1.48. The van der Waals surface area contributed by atoms with Crippen molar-refractivity contribution in [3.8, 4) is 5.75 Å². The van der Waals surface area contributed by atoms with Crippen LogP contribution in [0.2, 0.25) is 5.02 Å². The lowest BCUT2D eigenvalue weighted by atomic mass is 9.94. The number of phenols is 1. The molecule has 0 heterocycles. The van der Waals surface area contributed by atoms with Crippen LogP contribution < -0.4 is 0 Å². The molecule has 1 aliphatic rings. The van der Waals surface area contributed by atoms with Crippen LogP contribution in [0.1, 0.15) is 47.7 Å². The third kappa shape index (κ3) is 1.94. The van der Waals surface area contributed by atoms with Crippen LogP contribution in [0, 0.1) is 0 Å². The van der Waals surface area contributed by atoms with Crippen molar-refractivity contribution in [1.29, 1.82) is 0 Å². The van der Waals surface area contributed by atoms with E-state index in [4.69, 9.17) is 11.6 Å². The zero-order chi connectivity index (χ0) is 11.7. The number of hydrogen-bond donors (Lipinski definition) is 1. The van der Waals surface area contributed by atoms with Crippen LogP contribution in [0.5, 0.6) is 5.75 Å². The molecule has 0 fully saturated rings. The summed E-state index contributed by atoms with van der Waals surface area (Å²) in [5.41, 5.74) is 2.57. The van der Waals surface area contributed by atoms with E-state index in [9.17, 15) is 9.90 Å². The molecule has 1 N–H and O–H groups in total.